The largest absolute Gasteiger partial charge is 0.379 e. The molecule has 1 atom stereocenters. The van der Waals surface area contributed by atoms with Gasteiger partial charge in [-0.05, 0) is 38.2 Å². The molecule has 26 heavy (non-hydrogen) atoms. The molecular formula is C20H27N3O3. The maximum Gasteiger partial charge on any atom is 0.255 e. The summed E-state index contributed by atoms with van der Waals surface area (Å²) in [5.74, 6) is 0.534. The first-order valence-corrected chi connectivity index (χ1v) is 9.25. The molecule has 1 aliphatic heterocycles. The minimum atomic E-state index is -1.33. The minimum absolute atomic E-state index is 0.168. The number of benzene rings is 1. The molecule has 0 saturated carbocycles. The van der Waals surface area contributed by atoms with Gasteiger partial charge in [-0.15, -0.1) is 0 Å². The molecular weight excluding hydrogens is 330 g/mol. The quantitative estimate of drug-likeness (QED) is 0.756. The van der Waals surface area contributed by atoms with Crippen LogP contribution < -0.4 is 5.32 Å². The number of carbonyl (C=O) groups excluding carboxylic acids is 1. The summed E-state index contributed by atoms with van der Waals surface area (Å²) in [5.41, 5.74) is 0.759. The van der Waals surface area contributed by atoms with Crippen LogP contribution in [0, 0.1) is 6.92 Å². The molecule has 1 aromatic heterocycles. The SMILES string of the molecule is Cc1cc(CNCC2(O)CCCN(CCCc3ccccc3)C2=O)on1. The Hall–Kier alpha value is -2.18. The Bertz CT molecular complexity index is 716. The number of rotatable bonds is 8. The minimum Gasteiger partial charge on any atom is -0.379 e. The Balaban J connectivity index is 1.47. The number of nitrogens with one attached hydrogen (secondary N) is 1. The molecule has 0 radical (unpaired) electrons. The highest BCUT2D eigenvalue weighted by molar-refractivity contribution is 5.86. The summed E-state index contributed by atoms with van der Waals surface area (Å²) >= 11 is 0. The average Bonchev–Trinajstić information content (AvgIpc) is 3.05. The van der Waals surface area contributed by atoms with E-state index in [1.54, 1.807) is 4.90 Å². The van der Waals surface area contributed by atoms with Crippen molar-refractivity contribution in [2.75, 3.05) is 19.6 Å². The lowest BCUT2D eigenvalue weighted by atomic mass is 9.91. The molecule has 3 rings (SSSR count). The number of hydrogen-bond acceptors (Lipinski definition) is 5. The molecule has 1 amide bonds. The topological polar surface area (TPSA) is 78.6 Å². The number of amides is 1. The van der Waals surface area contributed by atoms with E-state index in [9.17, 15) is 9.90 Å². The predicted molar refractivity (Wildman–Crippen MR) is 98.5 cm³/mol. The van der Waals surface area contributed by atoms with Crippen LogP contribution in [0.1, 0.15) is 36.3 Å². The fourth-order valence-corrected chi connectivity index (χ4v) is 3.45. The summed E-state index contributed by atoms with van der Waals surface area (Å²) in [7, 11) is 0. The maximum atomic E-state index is 12.7. The van der Waals surface area contributed by atoms with Crippen LogP contribution in [-0.2, 0) is 17.8 Å². The molecule has 0 bridgehead atoms. The van der Waals surface area contributed by atoms with E-state index in [-0.39, 0.29) is 12.5 Å². The molecule has 1 aliphatic rings. The smallest absolute Gasteiger partial charge is 0.255 e. The zero-order chi connectivity index (χ0) is 18.4. The molecule has 1 unspecified atom stereocenters. The van der Waals surface area contributed by atoms with Crippen LogP contribution in [0.2, 0.25) is 0 Å². The van der Waals surface area contributed by atoms with Gasteiger partial charge in [-0.1, -0.05) is 35.5 Å². The normalized spacial score (nSPS) is 20.5. The molecule has 0 aliphatic carbocycles. The summed E-state index contributed by atoms with van der Waals surface area (Å²) in [6.07, 6.45) is 3.14. The summed E-state index contributed by atoms with van der Waals surface area (Å²) in [5, 5.41) is 17.8. The molecule has 2 aromatic rings. The zero-order valence-electron chi connectivity index (χ0n) is 15.3. The number of likely N-dealkylation sites (tertiary alicyclic amines) is 1. The zero-order valence-corrected chi connectivity index (χ0v) is 15.3. The fourth-order valence-electron chi connectivity index (χ4n) is 3.45. The number of aryl methyl sites for hydroxylation is 2. The molecule has 1 saturated heterocycles. The van der Waals surface area contributed by atoms with E-state index in [2.05, 4.69) is 22.6 Å². The van der Waals surface area contributed by atoms with Crippen LogP contribution in [0.5, 0.6) is 0 Å². The second-order valence-electron chi connectivity index (χ2n) is 7.05. The van der Waals surface area contributed by atoms with Gasteiger partial charge in [0.15, 0.2) is 11.4 Å². The Morgan fingerprint density at radius 3 is 2.88 bits per heavy atom. The van der Waals surface area contributed by atoms with Crippen molar-refractivity contribution >= 4 is 5.91 Å². The lowest BCUT2D eigenvalue weighted by Crippen LogP contribution is -2.58. The fraction of sp³-hybridized carbons (Fsp3) is 0.500. The van der Waals surface area contributed by atoms with Gasteiger partial charge in [0.1, 0.15) is 0 Å². The van der Waals surface area contributed by atoms with E-state index in [4.69, 9.17) is 4.52 Å². The molecule has 2 N–H and O–H groups in total. The van der Waals surface area contributed by atoms with Crippen molar-refractivity contribution < 1.29 is 14.4 Å². The Morgan fingerprint density at radius 1 is 1.35 bits per heavy atom. The molecule has 1 fully saturated rings. The van der Waals surface area contributed by atoms with Crippen LogP contribution in [0.25, 0.3) is 0 Å². The Labute approximate surface area is 154 Å². The van der Waals surface area contributed by atoms with Crippen molar-refractivity contribution in [3.63, 3.8) is 0 Å². The van der Waals surface area contributed by atoms with E-state index < -0.39 is 5.60 Å². The number of hydrogen-bond donors (Lipinski definition) is 2. The predicted octanol–water partition coefficient (Wildman–Crippen LogP) is 2.06. The summed E-state index contributed by atoms with van der Waals surface area (Å²) in [6.45, 7) is 3.93. The van der Waals surface area contributed by atoms with Crippen molar-refractivity contribution in [1.82, 2.24) is 15.4 Å². The first kappa shape index (κ1) is 18.6. The second kappa shape index (κ2) is 8.47. The maximum absolute atomic E-state index is 12.7. The first-order chi connectivity index (χ1) is 12.6. The van der Waals surface area contributed by atoms with E-state index in [1.807, 2.05) is 31.2 Å². The highest BCUT2D eigenvalue weighted by Gasteiger charge is 2.41. The first-order valence-electron chi connectivity index (χ1n) is 9.25. The standard InChI is InChI=1S/C20H27N3O3/c1-16-13-18(26-22-16)14-21-15-20(25)10-6-12-23(19(20)24)11-5-9-17-7-3-2-4-8-17/h2-4,7-8,13,21,25H,5-6,9-12,14-15H2,1H3. The van der Waals surface area contributed by atoms with E-state index in [0.717, 1.165) is 31.5 Å². The Kier molecular flexibility index (Phi) is 6.06. The van der Waals surface area contributed by atoms with Crippen LogP contribution in [0.15, 0.2) is 40.9 Å². The molecule has 6 nitrogen and oxygen atoms in total. The van der Waals surface area contributed by atoms with Crippen molar-refractivity contribution in [1.29, 1.82) is 0 Å². The molecule has 2 heterocycles. The van der Waals surface area contributed by atoms with Gasteiger partial charge < -0.3 is 19.8 Å². The molecule has 1 aromatic carbocycles. The van der Waals surface area contributed by atoms with Crippen molar-refractivity contribution in [3.05, 3.63) is 53.4 Å². The number of aromatic nitrogens is 1. The van der Waals surface area contributed by atoms with Gasteiger partial charge in [-0.3, -0.25) is 4.79 Å². The molecule has 0 spiro atoms. The van der Waals surface area contributed by atoms with Crippen LogP contribution >= 0.6 is 0 Å². The van der Waals surface area contributed by atoms with Gasteiger partial charge in [0.25, 0.3) is 5.91 Å². The number of nitrogens with zero attached hydrogens (tertiary/aromatic N) is 2. The Morgan fingerprint density at radius 2 is 2.15 bits per heavy atom. The van der Waals surface area contributed by atoms with E-state index in [1.165, 1.54) is 5.56 Å². The van der Waals surface area contributed by atoms with Crippen LogP contribution in [0.3, 0.4) is 0 Å². The number of aliphatic hydroxyl groups is 1. The lowest BCUT2D eigenvalue weighted by molar-refractivity contribution is -0.156. The number of piperidine rings is 1. The highest BCUT2D eigenvalue weighted by atomic mass is 16.5. The third-order valence-electron chi connectivity index (χ3n) is 4.83. The average molecular weight is 357 g/mol. The second-order valence-corrected chi connectivity index (χ2v) is 7.05. The molecule has 140 valence electrons. The summed E-state index contributed by atoms with van der Waals surface area (Å²) in [4.78, 5) is 14.5. The molecule has 6 heteroatoms. The lowest BCUT2D eigenvalue weighted by Gasteiger charge is -2.38. The van der Waals surface area contributed by atoms with Gasteiger partial charge in [-0.25, -0.2) is 0 Å². The van der Waals surface area contributed by atoms with Crippen molar-refractivity contribution in [3.8, 4) is 0 Å². The van der Waals surface area contributed by atoms with Crippen LogP contribution in [-0.4, -0.2) is 46.3 Å². The third kappa shape index (κ3) is 4.71. The number of carbonyl (C=O) groups is 1. The van der Waals surface area contributed by atoms with Gasteiger partial charge >= 0.3 is 0 Å². The summed E-state index contributed by atoms with van der Waals surface area (Å²) in [6, 6.07) is 12.1. The van der Waals surface area contributed by atoms with E-state index >= 15 is 0 Å². The van der Waals surface area contributed by atoms with Gasteiger partial charge in [0.05, 0.1) is 12.2 Å². The van der Waals surface area contributed by atoms with Gasteiger partial charge in [-0.2, -0.15) is 0 Å². The van der Waals surface area contributed by atoms with Gasteiger partial charge in [0.2, 0.25) is 0 Å². The van der Waals surface area contributed by atoms with Gasteiger partial charge in [0, 0.05) is 25.7 Å². The third-order valence-corrected chi connectivity index (χ3v) is 4.83. The summed E-state index contributed by atoms with van der Waals surface area (Å²) < 4.78 is 5.14. The van der Waals surface area contributed by atoms with Crippen molar-refractivity contribution in [2.45, 2.75) is 44.8 Å². The van der Waals surface area contributed by atoms with Crippen LogP contribution in [0.4, 0.5) is 0 Å². The highest BCUT2D eigenvalue weighted by Crippen LogP contribution is 2.23. The van der Waals surface area contributed by atoms with E-state index in [0.29, 0.717) is 25.3 Å². The monoisotopic (exact) mass is 357 g/mol. The van der Waals surface area contributed by atoms with Crippen molar-refractivity contribution in [2.24, 2.45) is 0 Å².